The van der Waals surface area contributed by atoms with Crippen molar-refractivity contribution in [1.82, 2.24) is 9.44 Å². The Bertz CT molecular complexity index is 677. The molecule has 0 aromatic heterocycles. The Balaban J connectivity index is 2.49. The fourth-order valence-corrected chi connectivity index (χ4v) is 2.83. The predicted octanol–water partition coefficient (Wildman–Crippen LogP) is 0.824. The molecule has 0 aliphatic heterocycles. The van der Waals surface area contributed by atoms with E-state index in [0.717, 1.165) is 16.5 Å². The van der Waals surface area contributed by atoms with Gasteiger partial charge in [-0.1, -0.05) is 29.8 Å². The lowest BCUT2D eigenvalue weighted by Gasteiger charge is -2.05. The van der Waals surface area contributed by atoms with Crippen molar-refractivity contribution in [2.45, 2.75) is 13.8 Å². The summed E-state index contributed by atoms with van der Waals surface area (Å²) >= 11 is 0. The number of rotatable bonds is 8. The van der Waals surface area contributed by atoms with E-state index >= 15 is 0 Å². The van der Waals surface area contributed by atoms with Gasteiger partial charge < -0.3 is 0 Å². The summed E-state index contributed by atoms with van der Waals surface area (Å²) in [6.45, 7) is 3.48. The highest BCUT2D eigenvalue weighted by molar-refractivity contribution is 7.92. The summed E-state index contributed by atoms with van der Waals surface area (Å²) in [5, 5.41) is 1.06. The summed E-state index contributed by atoms with van der Waals surface area (Å²) in [4.78, 5) is 0. The van der Waals surface area contributed by atoms with Gasteiger partial charge in [-0.2, -0.15) is 0 Å². The maximum absolute atomic E-state index is 11.7. The van der Waals surface area contributed by atoms with Gasteiger partial charge in [-0.05, 0) is 25.5 Å². The van der Waals surface area contributed by atoms with Gasteiger partial charge in [-0.3, -0.25) is 0 Å². The van der Waals surface area contributed by atoms with Crippen molar-refractivity contribution in [1.29, 1.82) is 0 Å². The van der Waals surface area contributed by atoms with Crippen LogP contribution in [0.25, 0.3) is 6.08 Å². The van der Waals surface area contributed by atoms with E-state index in [4.69, 9.17) is 0 Å². The molecule has 0 aliphatic rings. The normalized spacial score (nSPS) is 12.9. The van der Waals surface area contributed by atoms with Gasteiger partial charge in [0.15, 0.2) is 0 Å². The van der Waals surface area contributed by atoms with Crippen molar-refractivity contribution in [3.8, 4) is 0 Å². The molecule has 1 rings (SSSR count). The Morgan fingerprint density at radius 3 is 2.14 bits per heavy atom. The van der Waals surface area contributed by atoms with Crippen molar-refractivity contribution in [2.24, 2.45) is 0 Å². The Hall–Kier alpha value is -1.22. The van der Waals surface area contributed by atoms with Crippen molar-refractivity contribution in [2.75, 3.05) is 18.8 Å². The van der Waals surface area contributed by atoms with Crippen LogP contribution < -0.4 is 9.44 Å². The van der Waals surface area contributed by atoms with Crippen LogP contribution in [0.1, 0.15) is 18.1 Å². The molecular formula is C13H20N2O4S2. The van der Waals surface area contributed by atoms with Gasteiger partial charge in [-0.25, -0.2) is 26.3 Å². The molecule has 0 saturated carbocycles. The minimum Gasteiger partial charge on any atom is -0.214 e. The first-order valence-electron chi connectivity index (χ1n) is 6.46. The second kappa shape index (κ2) is 7.69. The van der Waals surface area contributed by atoms with Gasteiger partial charge in [0, 0.05) is 18.5 Å². The summed E-state index contributed by atoms with van der Waals surface area (Å²) in [7, 11) is -6.88. The van der Waals surface area contributed by atoms with Crippen LogP contribution in [-0.4, -0.2) is 35.7 Å². The Labute approximate surface area is 126 Å². The molecule has 0 spiro atoms. The smallest absolute Gasteiger partial charge is 0.214 e. The highest BCUT2D eigenvalue weighted by Gasteiger charge is 2.07. The fourth-order valence-electron chi connectivity index (χ4n) is 1.40. The summed E-state index contributed by atoms with van der Waals surface area (Å²) < 4.78 is 50.3. The van der Waals surface area contributed by atoms with E-state index in [0.29, 0.717) is 0 Å². The predicted molar refractivity (Wildman–Crippen MR) is 84.6 cm³/mol. The average molecular weight is 332 g/mol. The van der Waals surface area contributed by atoms with Gasteiger partial charge >= 0.3 is 0 Å². The molecule has 0 saturated heterocycles. The van der Waals surface area contributed by atoms with Crippen molar-refractivity contribution >= 4 is 26.1 Å². The van der Waals surface area contributed by atoms with Crippen LogP contribution >= 0.6 is 0 Å². The molecule has 2 N–H and O–H groups in total. The summed E-state index contributed by atoms with van der Waals surface area (Å²) in [6, 6.07) is 7.41. The van der Waals surface area contributed by atoms with E-state index in [1.54, 1.807) is 0 Å². The summed E-state index contributed by atoms with van der Waals surface area (Å²) in [5.41, 5.74) is 1.87. The first-order valence-corrected chi connectivity index (χ1v) is 9.66. The van der Waals surface area contributed by atoms with Crippen LogP contribution in [0.4, 0.5) is 0 Å². The Kier molecular flexibility index (Phi) is 6.53. The van der Waals surface area contributed by atoms with Gasteiger partial charge in [0.25, 0.3) is 0 Å². The molecule has 0 radical (unpaired) electrons. The second-order valence-corrected chi connectivity index (χ2v) is 8.20. The van der Waals surface area contributed by atoms with Gasteiger partial charge in [0.1, 0.15) is 0 Å². The lowest BCUT2D eigenvalue weighted by Crippen LogP contribution is -2.34. The molecule has 0 atom stereocenters. The molecule has 8 heteroatoms. The zero-order valence-electron chi connectivity index (χ0n) is 12.0. The number of benzene rings is 1. The van der Waals surface area contributed by atoms with Crippen LogP contribution in [0, 0.1) is 6.92 Å². The van der Waals surface area contributed by atoms with Gasteiger partial charge in [0.05, 0.1) is 5.75 Å². The van der Waals surface area contributed by atoms with Crippen LogP contribution in [0.15, 0.2) is 29.7 Å². The van der Waals surface area contributed by atoms with Crippen molar-refractivity contribution in [3.63, 3.8) is 0 Å². The minimum absolute atomic E-state index is 0.000197. The maximum Gasteiger partial charge on any atom is 0.233 e. The lowest BCUT2D eigenvalue weighted by atomic mass is 10.2. The molecule has 118 valence electrons. The van der Waals surface area contributed by atoms with Crippen molar-refractivity contribution < 1.29 is 16.8 Å². The summed E-state index contributed by atoms with van der Waals surface area (Å²) in [6.07, 6.45) is 1.48. The zero-order valence-corrected chi connectivity index (χ0v) is 13.7. The Morgan fingerprint density at radius 1 is 1.00 bits per heavy atom. The van der Waals surface area contributed by atoms with E-state index in [2.05, 4.69) is 9.44 Å². The molecule has 21 heavy (non-hydrogen) atoms. The Morgan fingerprint density at radius 2 is 1.57 bits per heavy atom. The highest BCUT2D eigenvalue weighted by atomic mass is 32.2. The molecule has 0 bridgehead atoms. The van der Waals surface area contributed by atoms with E-state index in [-0.39, 0.29) is 18.8 Å². The fraction of sp³-hybridized carbons (Fsp3) is 0.385. The minimum atomic E-state index is -3.58. The second-order valence-electron chi connectivity index (χ2n) is 4.45. The monoisotopic (exact) mass is 332 g/mol. The number of sulfonamides is 2. The van der Waals surface area contributed by atoms with E-state index in [1.165, 1.54) is 13.0 Å². The third-order valence-electron chi connectivity index (χ3n) is 2.65. The van der Waals surface area contributed by atoms with Gasteiger partial charge in [-0.15, -0.1) is 0 Å². The van der Waals surface area contributed by atoms with E-state index in [9.17, 15) is 16.8 Å². The molecule has 6 nitrogen and oxygen atoms in total. The standard InChI is InChI=1S/C13H20N2O4S2/c1-3-20(16,17)14-9-10-15-21(18,19)11-8-13-6-4-12(2)5-7-13/h4-8,11,14-15H,3,9-10H2,1-2H3. The van der Waals surface area contributed by atoms with Crippen LogP contribution in [0.2, 0.25) is 0 Å². The lowest BCUT2D eigenvalue weighted by molar-refractivity contribution is 0.575. The van der Waals surface area contributed by atoms with Crippen LogP contribution in [0.5, 0.6) is 0 Å². The molecule has 0 fully saturated rings. The number of hydrogen-bond acceptors (Lipinski definition) is 4. The highest BCUT2D eigenvalue weighted by Crippen LogP contribution is 2.05. The third kappa shape index (κ3) is 7.37. The average Bonchev–Trinajstić information content (AvgIpc) is 2.43. The van der Waals surface area contributed by atoms with Gasteiger partial charge in [0.2, 0.25) is 20.0 Å². The van der Waals surface area contributed by atoms with E-state index < -0.39 is 20.0 Å². The molecule has 0 aliphatic carbocycles. The molecule has 1 aromatic carbocycles. The van der Waals surface area contributed by atoms with Crippen molar-refractivity contribution in [3.05, 3.63) is 40.8 Å². The van der Waals surface area contributed by atoms with Crippen LogP contribution in [-0.2, 0) is 20.0 Å². The maximum atomic E-state index is 11.7. The number of aryl methyl sites for hydroxylation is 1. The first-order chi connectivity index (χ1) is 9.74. The summed E-state index contributed by atoms with van der Waals surface area (Å²) in [5.74, 6) is -0.0346. The topological polar surface area (TPSA) is 92.3 Å². The van der Waals surface area contributed by atoms with E-state index in [1.807, 2.05) is 31.2 Å². The SMILES string of the molecule is CCS(=O)(=O)NCCNS(=O)(=O)C=Cc1ccc(C)cc1. The molecule has 0 amide bonds. The number of hydrogen-bond donors (Lipinski definition) is 2. The zero-order chi connectivity index (χ0) is 15.9. The molecule has 0 unspecified atom stereocenters. The quantitative estimate of drug-likeness (QED) is 0.690. The molecule has 1 aromatic rings. The first kappa shape index (κ1) is 17.8. The largest absolute Gasteiger partial charge is 0.233 e. The molecule has 0 heterocycles. The molecular weight excluding hydrogens is 312 g/mol. The van der Waals surface area contributed by atoms with Crippen LogP contribution in [0.3, 0.4) is 0 Å². The third-order valence-corrected chi connectivity index (χ3v) is 5.15. The number of nitrogens with one attached hydrogen (secondary N) is 2.